The summed E-state index contributed by atoms with van der Waals surface area (Å²) in [6.45, 7) is 6.75. The third-order valence-corrected chi connectivity index (χ3v) is 5.54. The Bertz CT molecular complexity index is 934. The van der Waals surface area contributed by atoms with Gasteiger partial charge in [-0.3, -0.25) is 4.79 Å². The van der Waals surface area contributed by atoms with Crippen LogP contribution in [0, 0.1) is 5.41 Å². The van der Waals surface area contributed by atoms with E-state index in [1.54, 1.807) is 12.1 Å². The molecule has 0 fully saturated rings. The topological polar surface area (TPSA) is 96.7 Å². The predicted octanol–water partition coefficient (Wildman–Crippen LogP) is 2.92. The molecule has 0 saturated heterocycles. The molecule has 0 bridgehead atoms. The lowest BCUT2D eigenvalue weighted by Crippen LogP contribution is -2.47. The minimum Gasteiger partial charge on any atom is -0.453 e. The molecule has 0 aliphatic carbocycles. The first-order valence-corrected chi connectivity index (χ1v) is 10.1. The second kappa shape index (κ2) is 8.65. The number of ether oxygens (including phenoxy) is 1. The van der Waals surface area contributed by atoms with E-state index in [1.165, 1.54) is 12.0 Å². The van der Waals surface area contributed by atoms with Crippen LogP contribution in [-0.4, -0.2) is 57.9 Å². The SMILES string of the molecule is COC(=O)N1CCn2c(-c3ccc(Cl)cc3)nc(C(=O)N[C@H](CO)C(C)(C)C)c2C1. The second-order valence-corrected chi connectivity index (χ2v) is 8.79. The summed E-state index contributed by atoms with van der Waals surface area (Å²) in [4.78, 5) is 31.3. The molecule has 2 heterocycles. The van der Waals surface area contributed by atoms with Crippen LogP contribution < -0.4 is 5.32 Å². The number of hydrogen-bond donors (Lipinski definition) is 2. The first-order valence-electron chi connectivity index (χ1n) is 9.75. The molecule has 1 aliphatic heterocycles. The van der Waals surface area contributed by atoms with E-state index in [9.17, 15) is 14.7 Å². The van der Waals surface area contributed by atoms with E-state index in [0.29, 0.717) is 29.6 Å². The first kappa shape index (κ1) is 22.1. The van der Waals surface area contributed by atoms with Crippen molar-refractivity contribution < 1.29 is 19.4 Å². The number of nitrogens with one attached hydrogen (secondary N) is 1. The largest absolute Gasteiger partial charge is 0.453 e. The van der Waals surface area contributed by atoms with Crippen molar-refractivity contribution in [3.63, 3.8) is 0 Å². The van der Waals surface area contributed by atoms with E-state index >= 15 is 0 Å². The number of halogens is 1. The third kappa shape index (κ3) is 4.44. The molecular weight excluding hydrogens is 408 g/mol. The number of aliphatic hydroxyl groups excluding tert-OH is 1. The second-order valence-electron chi connectivity index (χ2n) is 8.36. The first-order chi connectivity index (χ1) is 14.2. The normalized spacial score (nSPS) is 14.8. The number of carbonyl (C=O) groups is 2. The molecule has 2 N–H and O–H groups in total. The molecule has 0 radical (unpaired) electrons. The number of amides is 2. The van der Waals surface area contributed by atoms with E-state index < -0.39 is 12.1 Å². The Morgan fingerprint density at radius 1 is 1.27 bits per heavy atom. The number of rotatable bonds is 4. The summed E-state index contributed by atoms with van der Waals surface area (Å²) in [7, 11) is 1.33. The molecule has 0 spiro atoms. The molecule has 8 nitrogen and oxygen atoms in total. The standard InChI is InChI=1S/C21H27ClN4O4/c1-21(2,3)16(12-27)23-19(28)17-15-11-25(20(29)30-4)9-10-26(15)18(24-17)13-5-7-14(22)8-6-13/h5-8,16,27H,9-12H2,1-4H3,(H,23,28)/t16-/m1/s1. The van der Waals surface area contributed by atoms with E-state index in [4.69, 9.17) is 16.3 Å². The highest BCUT2D eigenvalue weighted by molar-refractivity contribution is 6.30. The van der Waals surface area contributed by atoms with E-state index in [-0.39, 0.29) is 30.2 Å². The minimum atomic E-state index is -0.454. The maximum absolute atomic E-state index is 13.1. The lowest BCUT2D eigenvalue weighted by atomic mass is 9.87. The molecule has 0 saturated carbocycles. The maximum Gasteiger partial charge on any atom is 0.409 e. The zero-order chi connectivity index (χ0) is 22.1. The highest BCUT2D eigenvalue weighted by Crippen LogP contribution is 2.28. The fourth-order valence-electron chi connectivity index (χ4n) is 3.42. The van der Waals surface area contributed by atoms with Crippen molar-refractivity contribution >= 4 is 23.6 Å². The molecule has 1 aliphatic rings. The van der Waals surface area contributed by atoms with Gasteiger partial charge in [0, 0.05) is 23.7 Å². The van der Waals surface area contributed by atoms with Gasteiger partial charge in [-0.15, -0.1) is 0 Å². The predicted molar refractivity (Wildman–Crippen MR) is 113 cm³/mol. The molecule has 1 aromatic carbocycles. The molecule has 9 heteroatoms. The number of nitrogens with zero attached hydrogens (tertiary/aromatic N) is 3. The van der Waals surface area contributed by atoms with Crippen LogP contribution in [0.25, 0.3) is 11.4 Å². The number of benzene rings is 1. The molecule has 2 aromatic rings. The van der Waals surface area contributed by atoms with E-state index in [0.717, 1.165) is 5.56 Å². The minimum absolute atomic E-state index is 0.191. The zero-order valence-corrected chi connectivity index (χ0v) is 18.4. The highest BCUT2D eigenvalue weighted by Gasteiger charge is 2.32. The number of carbonyl (C=O) groups excluding carboxylic acids is 2. The Morgan fingerprint density at radius 2 is 1.93 bits per heavy atom. The number of aromatic nitrogens is 2. The van der Waals surface area contributed by atoms with Gasteiger partial charge in [0.1, 0.15) is 5.82 Å². The molecule has 30 heavy (non-hydrogen) atoms. The molecule has 3 rings (SSSR count). The van der Waals surface area contributed by atoms with Crippen LogP contribution in [0.4, 0.5) is 4.79 Å². The molecule has 1 atom stereocenters. The van der Waals surface area contributed by atoms with Gasteiger partial charge in [-0.1, -0.05) is 32.4 Å². The Hall–Kier alpha value is -2.58. The van der Waals surface area contributed by atoms with Crippen LogP contribution in [0.15, 0.2) is 24.3 Å². The third-order valence-electron chi connectivity index (χ3n) is 5.29. The Morgan fingerprint density at radius 3 is 2.50 bits per heavy atom. The van der Waals surface area contributed by atoms with Gasteiger partial charge in [-0.05, 0) is 29.7 Å². The molecule has 2 amide bonds. The van der Waals surface area contributed by atoms with Gasteiger partial charge in [-0.2, -0.15) is 0 Å². The lowest BCUT2D eigenvalue weighted by molar-refractivity contribution is 0.0836. The van der Waals surface area contributed by atoms with Gasteiger partial charge in [0.05, 0.1) is 32.0 Å². The summed E-state index contributed by atoms with van der Waals surface area (Å²) in [5.41, 5.74) is 1.35. The van der Waals surface area contributed by atoms with Crippen molar-refractivity contribution in [2.45, 2.75) is 39.9 Å². The number of methoxy groups -OCH3 is 1. The quantitative estimate of drug-likeness (QED) is 0.771. The summed E-state index contributed by atoms with van der Waals surface area (Å²) < 4.78 is 6.79. The summed E-state index contributed by atoms with van der Waals surface area (Å²) in [6, 6.07) is 6.78. The fraction of sp³-hybridized carbons (Fsp3) is 0.476. The number of aliphatic hydroxyl groups is 1. The van der Waals surface area contributed by atoms with Crippen molar-refractivity contribution in [1.82, 2.24) is 19.8 Å². The van der Waals surface area contributed by atoms with Crippen LogP contribution in [-0.2, 0) is 17.8 Å². The average Bonchev–Trinajstić information content (AvgIpc) is 3.09. The van der Waals surface area contributed by atoms with Gasteiger partial charge in [0.15, 0.2) is 5.69 Å². The van der Waals surface area contributed by atoms with Crippen LogP contribution >= 0.6 is 11.6 Å². The van der Waals surface area contributed by atoms with Crippen molar-refractivity contribution in [1.29, 1.82) is 0 Å². The maximum atomic E-state index is 13.1. The van der Waals surface area contributed by atoms with Gasteiger partial charge < -0.3 is 24.6 Å². The lowest BCUT2D eigenvalue weighted by Gasteiger charge is -2.30. The monoisotopic (exact) mass is 434 g/mol. The van der Waals surface area contributed by atoms with Crippen molar-refractivity contribution in [3.8, 4) is 11.4 Å². The number of fused-ring (bicyclic) bond motifs is 1. The van der Waals surface area contributed by atoms with Crippen LogP contribution in [0.5, 0.6) is 0 Å². The zero-order valence-electron chi connectivity index (χ0n) is 17.6. The van der Waals surface area contributed by atoms with Gasteiger partial charge in [-0.25, -0.2) is 9.78 Å². The van der Waals surface area contributed by atoms with Crippen LogP contribution in [0.1, 0.15) is 37.0 Å². The Kier molecular flexibility index (Phi) is 6.38. The van der Waals surface area contributed by atoms with Gasteiger partial charge in [0.25, 0.3) is 5.91 Å². The van der Waals surface area contributed by atoms with E-state index in [1.807, 2.05) is 37.5 Å². The Balaban J connectivity index is 2.02. The van der Waals surface area contributed by atoms with Crippen molar-refractivity contribution in [2.75, 3.05) is 20.3 Å². The fourth-order valence-corrected chi connectivity index (χ4v) is 3.54. The van der Waals surface area contributed by atoms with Crippen LogP contribution in [0.2, 0.25) is 5.02 Å². The Labute approximate surface area is 180 Å². The average molecular weight is 435 g/mol. The molecular formula is C21H27ClN4O4. The van der Waals surface area contributed by atoms with Crippen LogP contribution in [0.3, 0.4) is 0 Å². The summed E-state index contributed by atoms with van der Waals surface area (Å²) >= 11 is 6.01. The molecule has 1 aromatic heterocycles. The smallest absolute Gasteiger partial charge is 0.409 e. The number of hydrogen-bond acceptors (Lipinski definition) is 5. The molecule has 0 unspecified atom stereocenters. The highest BCUT2D eigenvalue weighted by atomic mass is 35.5. The van der Waals surface area contributed by atoms with Crippen molar-refractivity contribution in [3.05, 3.63) is 40.7 Å². The summed E-state index contributed by atoms with van der Waals surface area (Å²) in [5, 5.41) is 13.2. The summed E-state index contributed by atoms with van der Waals surface area (Å²) in [5.74, 6) is 0.243. The van der Waals surface area contributed by atoms with E-state index in [2.05, 4.69) is 10.3 Å². The van der Waals surface area contributed by atoms with Gasteiger partial charge >= 0.3 is 6.09 Å². The van der Waals surface area contributed by atoms with Gasteiger partial charge in [0.2, 0.25) is 0 Å². The molecule has 162 valence electrons. The summed E-state index contributed by atoms with van der Waals surface area (Å²) in [6.07, 6.45) is -0.454. The van der Waals surface area contributed by atoms with Crippen molar-refractivity contribution in [2.24, 2.45) is 5.41 Å². The number of imidazole rings is 1.